The monoisotopic (exact) mass is 489 g/mol. The third kappa shape index (κ3) is 6.07. The first-order valence-electron chi connectivity index (χ1n) is 8.93. The summed E-state index contributed by atoms with van der Waals surface area (Å²) in [6.07, 6.45) is 3.37. The van der Waals surface area contributed by atoms with Crippen LogP contribution in [0.2, 0.25) is 0 Å². The lowest BCUT2D eigenvalue weighted by atomic mass is 10.3. The van der Waals surface area contributed by atoms with Gasteiger partial charge in [0.15, 0.2) is 11.0 Å². The van der Waals surface area contributed by atoms with Crippen LogP contribution < -0.4 is 14.8 Å². The highest BCUT2D eigenvalue weighted by atomic mass is 79.9. The zero-order valence-electron chi connectivity index (χ0n) is 16.2. The van der Waals surface area contributed by atoms with Crippen molar-refractivity contribution in [3.63, 3.8) is 0 Å². The summed E-state index contributed by atoms with van der Waals surface area (Å²) in [4.78, 5) is 16.3. The van der Waals surface area contributed by atoms with E-state index < -0.39 is 0 Å². The molecule has 2 heterocycles. The van der Waals surface area contributed by atoms with E-state index in [0.29, 0.717) is 29.1 Å². The van der Waals surface area contributed by atoms with E-state index in [1.807, 2.05) is 34.9 Å². The number of thioether (sulfide) groups is 1. The predicted octanol–water partition coefficient (Wildman–Crippen LogP) is 3.94. The zero-order valence-corrected chi connectivity index (χ0v) is 18.6. The van der Waals surface area contributed by atoms with E-state index in [9.17, 15) is 4.79 Å². The molecule has 2 aromatic heterocycles. The van der Waals surface area contributed by atoms with Gasteiger partial charge in [-0.2, -0.15) is 0 Å². The quantitative estimate of drug-likeness (QED) is 0.340. The zero-order chi connectivity index (χ0) is 21.3. The molecular weight excluding hydrogens is 470 g/mol. The van der Waals surface area contributed by atoms with Crippen molar-refractivity contribution in [2.45, 2.75) is 18.3 Å². The minimum Gasteiger partial charge on any atom is -0.497 e. The Morgan fingerprint density at radius 2 is 2.00 bits per heavy atom. The number of hydrogen-bond donors (Lipinski definition) is 1. The number of aromatic nitrogens is 4. The summed E-state index contributed by atoms with van der Waals surface area (Å²) in [6, 6.07) is 10.8. The number of nitrogens with zero attached hydrogens (tertiary/aromatic N) is 4. The van der Waals surface area contributed by atoms with Gasteiger partial charge in [-0.1, -0.05) is 17.8 Å². The number of amides is 1. The van der Waals surface area contributed by atoms with E-state index in [2.05, 4.69) is 43.0 Å². The van der Waals surface area contributed by atoms with Crippen molar-refractivity contribution in [3.8, 4) is 11.5 Å². The summed E-state index contributed by atoms with van der Waals surface area (Å²) >= 11 is 4.60. The molecule has 0 bridgehead atoms. The number of ether oxygens (including phenoxy) is 2. The van der Waals surface area contributed by atoms with Gasteiger partial charge in [-0.05, 0) is 52.3 Å². The van der Waals surface area contributed by atoms with E-state index in [4.69, 9.17) is 9.47 Å². The maximum atomic E-state index is 12.2. The van der Waals surface area contributed by atoms with Crippen molar-refractivity contribution in [1.82, 2.24) is 19.7 Å². The number of hydrogen-bond acceptors (Lipinski definition) is 7. The van der Waals surface area contributed by atoms with Crippen LogP contribution in [0.15, 0.2) is 64.9 Å². The summed E-state index contributed by atoms with van der Waals surface area (Å²) in [7, 11) is 1.61. The summed E-state index contributed by atoms with van der Waals surface area (Å²) in [5, 5.41) is 11.8. The normalized spacial score (nSPS) is 10.5. The van der Waals surface area contributed by atoms with Gasteiger partial charge in [0.25, 0.3) is 0 Å². The van der Waals surface area contributed by atoms with Gasteiger partial charge in [0.2, 0.25) is 5.91 Å². The summed E-state index contributed by atoms with van der Waals surface area (Å²) in [5.74, 6) is 2.57. The van der Waals surface area contributed by atoms with E-state index in [0.717, 1.165) is 10.2 Å². The van der Waals surface area contributed by atoms with Gasteiger partial charge in [-0.25, -0.2) is 4.98 Å². The van der Waals surface area contributed by atoms with Crippen LogP contribution in [0.1, 0.15) is 5.82 Å². The molecular formula is C20H20BrN5O3S. The molecule has 156 valence electrons. The van der Waals surface area contributed by atoms with E-state index >= 15 is 0 Å². The Morgan fingerprint density at radius 3 is 2.67 bits per heavy atom. The molecule has 10 heteroatoms. The molecule has 3 aromatic rings. The first-order chi connectivity index (χ1) is 14.6. The van der Waals surface area contributed by atoms with Gasteiger partial charge in [0.05, 0.1) is 12.9 Å². The average molecular weight is 490 g/mol. The van der Waals surface area contributed by atoms with Crippen molar-refractivity contribution >= 4 is 39.4 Å². The average Bonchev–Trinajstić information content (AvgIpc) is 3.14. The number of halogens is 1. The summed E-state index contributed by atoms with van der Waals surface area (Å²) in [5.41, 5.74) is 0. The lowest BCUT2D eigenvalue weighted by Crippen LogP contribution is -2.15. The molecule has 0 spiro atoms. The molecule has 0 aliphatic heterocycles. The molecule has 0 saturated heterocycles. The molecule has 0 saturated carbocycles. The molecule has 8 nitrogen and oxygen atoms in total. The molecule has 1 aromatic carbocycles. The largest absolute Gasteiger partial charge is 0.497 e. The lowest BCUT2D eigenvalue weighted by molar-refractivity contribution is -0.113. The number of methoxy groups -OCH3 is 1. The highest BCUT2D eigenvalue weighted by Crippen LogP contribution is 2.21. The third-order valence-corrected chi connectivity index (χ3v) is 5.30. The molecule has 1 N–H and O–H groups in total. The fraction of sp³-hybridized carbons (Fsp3) is 0.200. The molecule has 0 aliphatic carbocycles. The summed E-state index contributed by atoms with van der Waals surface area (Å²) < 4.78 is 13.6. The topological polar surface area (TPSA) is 91.2 Å². The fourth-order valence-electron chi connectivity index (χ4n) is 2.42. The van der Waals surface area contributed by atoms with Gasteiger partial charge >= 0.3 is 0 Å². The van der Waals surface area contributed by atoms with Crippen LogP contribution in [0.25, 0.3) is 0 Å². The van der Waals surface area contributed by atoms with Crippen molar-refractivity contribution in [1.29, 1.82) is 0 Å². The smallest absolute Gasteiger partial charge is 0.236 e. The first kappa shape index (κ1) is 21.8. The van der Waals surface area contributed by atoms with E-state index in [1.165, 1.54) is 11.8 Å². The second kappa shape index (κ2) is 10.8. The first-order valence-corrected chi connectivity index (χ1v) is 10.7. The van der Waals surface area contributed by atoms with Gasteiger partial charge < -0.3 is 14.8 Å². The van der Waals surface area contributed by atoms with Crippen LogP contribution >= 0.6 is 27.7 Å². The Kier molecular flexibility index (Phi) is 7.86. The number of nitrogens with one attached hydrogen (secondary N) is 1. The van der Waals surface area contributed by atoms with Crippen LogP contribution in [0.3, 0.4) is 0 Å². The van der Waals surface area contributed by atoms with Gasteiger partial charge in [0, 0.05) is 17.2 Å². The molecule has 0 fully saturated rings. The number of pyridine rings is 1. The maximum absolute atomic E-state index is 12.2. The Hall–Kier alpha value is -2.85. The fourth-order valence-corrected chi connectivity index (χ4v) is 3.42. The predicted molar refractivity (Wildman–Crippen MR) is 119 cm³/mol. The minimum absolute atomic E-state index is 0.173. The Balaban J connectivity index is 1.59. The van der Waals surface area contributed by atoms with Crippen molar-refractivity contribution < 1.29 is 14.3 Å². The van der Waals surface area contributed by atoms with Gasteiger partial charge in [-0.15, -0.1) is 16.8 Å². The Labute approximate surface area is 186 Å². The van der Waals surface area contributed by atoms with Crippen molar-refractivity contribution in [3.05, 3.63) is 65.5 Å². The molecule has 3 rings (SSSR count). The number of allylic oxidation sites excluding steroid dienone is 1. The molecule has 1 amide bonds. The van der Waals surface area contributed by atoms with E-state index in [1.54, 1.807) is 25.4 Å². The van der Waals surface area contributed by atoms with Crippen molar-refractivity contribution in [2.24, 2.45) is 0 Å². The molecule has 0 aliphatic rings. The second-order valence-corrected chi connectivity index (χ2v) is 7.82. The third-order valence-electron chi connectivity index (χ3n) is 3.86. The molecule has 0 unspecified atom stereocenters. The number of benzene rings is 1. The van der Waals surface area contributed by atoms with Crippen LogP contribution in [-0.2, 0) is 17.9 Å². The molecule has 30 heavy (non-hydrogen) atoms. The SMILES string of the molecule is C=CCn1c(COc2ccc(OC)cc2)nnc1SCC(=O)Nc1ccc(Br)cn1. The van der Waals surface area contributed by atoms with Crippen LogP contribution in [0, 0.1) is 0 Å². The van der Waals surface area contributed by atoms with E-state index in [-0.39, 0.29) is 18.3 Å². The Morgan fingerprint density at radius 1 is 1.23 bits per heavy atom. The lowest BCUT2D eigenvalue weighted by Gasteiger charge is -2.09. The highest BCUT2D eigenvalue weighted by molar-refractivity contribution is 9.10. The summed E-state index contributed by atoms with van der Waals surface area (Å²) in [6.45, 7) is 4.53. The highest BCUT2D eigenvalue weighted by Gasteiger charge is 2.14. The van der Waals surface area contributed by atoms with Gasteiger partial charge in [-0.3, -0.25) is 9.36 Å². The molecule has 0 radical (unpaired) electrons. The number of anilines is 1. The maximum Gasteiger partial charge on any atom is 0.236 e. The number of carbonyl (C=O) groups is 1. The number of rotatable bonds is 10. The second-order valence-electron chi connectivity index (χ2n) is 5.96. The standard InChI is InChI=1S/C20H20BrN5O3S/c1-3-10-26-18(12-29-16-7-5-15(28-2)6-8-16)24-25-20(26)30-13-19(27)23-17-9-4-14(21)11-22-17/h3-9,11H,1,10,12-13H2,2H3,(H,22,23,27). The van der Waals surface area contributed by atoms with Gasteiger partial charge in [0.1, 0.15) is 23.9 Å². The minimum atomic E-state index is -0.181. The van der Waals surface area contributed by atoms with Crippen molar-refractivity contribution in [2.75, 3.05) is 18.2 Å². The van der Waals surface area contributed by atoms with Crippen LogP contribution in [-0.4, -0.2) is 38.5 Å². The van der Waals surface area contributed by atoms with Crippen LogP contribution in [0.5, 0.6) is 11.5 Å². The van der Waals surface area contributed by atoms with Crippen LogP contribution in [0.4, 0.5) is 5.82 Å². The molecule has 0 atom stereocenters. The number of carbonyl (C=O) groups excluding carboxylic acids is 1. The Bertz CT molecular complexity index is 993.